The number of benzene rings is 1. The van der Waals surface area contributed by atoms with Crippen LogP contribution < -0.4 is 14.9 Å². The molecule has 1 aromatic carbocycles. The Labute approximate surface area is 132 Å². The van der Waals surface area contributed by atoms with Crippen LogP contribution in [0.2, 0.25) is 0 Å². The summed E-state index contributed by atoms with van der Waals surface area (Å²) in [5.41, 5.74) is 0.850. The highest BCUT2D eigenvalue weighted by Crippen LogP contribution is 2.29. The molecule has 0 aliphatic heterocycles. The highest BCUT2D eigenvalue weighted by Gasteiger charge is 2.22. The molecule has 0 aliphatic carbocycles. The smallest absolute Gasteiger partial charge is 0.336 e. The summed E-state index contributed by atoms with van der Waals surface area (Å²) in [4.78, 5) is 24.5. The number of ether oxygens (including phenoxy) is 1. The predicted octanol–water partition coefficient (Wildman–Crippen LogP) is 2.28. The van der Waals surface area contributed by atoms with E-state index in [1.54, 1.807) is 29.1 Å². The highest BCUT2D eigenvalue weighted by atomic mass is 16.5. The molecule has 3 aromatic rings. The summed E-state index contributed by atoms with van der Waals surface area (Å²) in [6.07, 6.45) is 3.61. The molecule has 5 nitrogen and oxygen atoms in total. The number of ketones is 1. The molecule has 0 saturated heterocycles. The van der Waals surface area contributed by atoms with Gasteiger partial charge in [0.1, 0.15) is 11.3 Å². The van der Waals surface area contributed by atoms with Gasteiger partial charge in [-0.25, -0.2) is 4.79 Å². The van der Waals surface area contributed by atoms with E-state index in [0.29, 0.717) is 11.3 Å². The third-order valence-electron chi connectivity index (χ3n) is 3.68. The van der Waals surface area contributed by atoms with E-state index in [4.69, 9.17) is 9.15 Å². The molecular weight excluding hydrogens is 294 g/mol. The molecule has 0 aliphatic rings. The van der Waals surface area contributed by atoms with E-state index >= 15 is 0 Å². The summed E-state index contributed by atoms with van der Waals surface area (Å²) in [5, 5.41) is 0.729. The summed E-state index contributed by atoms with van der Waals surface area (Å²) in [6, 6.07) is 10.5. The zero-order valence-electron chi connectivity index (χ0n) is 12.9. The number of fused-ring (bicyclic) bond motifs is 1. The number of carbonyl (C=O) groups excluding carboxylic acids is 1. The number of nitrogens with zero attached hydrogens (tertiary/aromatic N) is 1. The van der Waals surface area contributed by atoms with Crippen LogP contribution in [0.1, 0.15) is 15.9 Å². The Balaban J connectivity index is 2.18. The molecule has 2 heterocycles. The van der Waals surface area contributed by atoms with Gasteiger partial charge in [-0.15, -0.1) is 0 Å². The van der Waals surface area contributed by atoms with Crippen LogP contribution in [0.5, 0.6) is 5.75 Å². The van der Waals surface area contributed by atoms with Crippen molar-refractivity contribution in [3.8, 4) is 5.75 Å². The molecule has 0 spiro atoms. The molecule has 116 valence electrons. The normalized spacial score (nSPS) is 10.7. The van der Waals surface area contributed by atoms with Gasteiger partial charge in [-0.1, -0.05) is 6.07 Å². The van der Waals surface area contributed by atoms with E-state index in [1.165, 1.54) is 13.2 Å². The van der Waals surface area contributed by atoms with Gasteiger partial charge in [0.05, 0.1) is 7.11 Å². The summed E-state index contributed by atoms with van der Waals surface area (Å²) in [6.45, 7) is 1.94. The fourth-order valence-electron chi connectivity index (χ4n) is 2.58. The lowest BCUT2D eigenvalue weighted by Gasteiger charge is -2.10. The first kappa shape index (κ1) is 15.0. The average Bonchev–Trinajstić information content (AvgIpc) is 2.54. The van der Waals surface area contributed by atoms with Crippen molar-refractivity contribution < 1.29 is 18.5 Å². The number of aryl methyl sites for hydroxylation is 1. The van der Waals surface area contributed by atoms with Crippen LogP contribution in [0, 0.1) is 6.92 Å². The minimum absolute atomic E-state index is 0.133. The van der Waals surface area contributed by atoms with Crippen molar-refractivity contribution in [2.45, 2.75) is 13.5 Å². The predicted molar refractivity (Wildman–Crippen MR) is 84.7 cm³/mol. The Bertz CT molecular complexity index is 929. The van der Waals surface area contributed by atoms with Crippen LogP contribution >= 0.6 is 0 Å². The third-order valence-corrected chi connectivity index (χ3v) is 3.68. The van der Waals surface area contributed by atoms with Crippen molar-refractivity contribution in [3.05, 3.63) is 70.3 Å². The minimum Gasteiger partial charge on any atom is -0.496 e. The van der Waals surface area contributed by atoms with Crippen LogP contribution in [0.3, 0.4) is 0 Å². The summed E-state index contributed by atoms with van der Waals surface area (Å²) in [7, 11) is 1.49. The summed E-state index contributed by atoms with van der Waals surface area (Å²) in [5.74, 6) is 0.213. The summed E-state index contributed by atoms with van der Waals surface area (Å²) >= 11 is 0. The minimum atomic E-state index is -0.482. The van der Waals surface area contributed by atoms with Crippen molar-refractivity contribution in [1.29, 1.82) is 0 Å². The van der Waals surface area contributed by atoms with Gasteiger partial charge in [-0.3, -0.25) is 4.79 Å². The highest BCUT2D eigenvalue weighted by molar-refractivity contribution is 6.08. The van der Waals surface area contributed by atoms with E-state index in [0.717, 1.165) is 10.9 Å². The maximum Gasteiger partial charge on any atom is 0.336 e. The second-order valence-corrected chi connectivity index (χ2v) is 5.24. The van der Waals surface area contributed by atoms with Gasteiger partial charge >= 0.3 is 5.63 Å². The molecule has 0 saturated carbocycles. The van der Waals surface area contributed by atoms with Gasteiger partial charge in [-0.2, -0.15) is 4.57 Å². The SMILES string of the molecule is COc1ccc2c(C)cc(=O)oc2c1C(=O)C[n+]1ccccc1. The molecule has 0 unspecified atom stereocenters. The van der Waals surface area contributed by atoms with Gasteiger partial charge in [0, 0.05) is 23.6 Å². The van der Waals surface area contributed by atoms with E-state index in [-0.39, 0.29) is 17.9 Å². The second-order valence-electron chi connectivity index (χ2n) is 5.24. The standard InChI is InChI=1S/C18H16NO4/c1-12-10-16(21)23-18-13(12)6-7-15(22-2)17(18)14(20)11-19-8-4-3-5-9-19/h3-10H,11H2,1-2H3/q+1. The van der Waals surface area contributed by atoms with Gasteiger partial charge in [-0.05, 0) is 24.6 Å². The first-order chi connectivity index (χ1) is 11.1. The van der Waals surface area contributed by atoms with Gasteiger partial charge in [0.2, 0.25) is 12.3 Å². The van der Waals surface area contributed by atoms with Crippen molar-refractivity contribution in [1.82, 2.24) is 0 Å². The van der Waals surface area contributed by atoms with Crippen LogP contribution in [0.4, 0.5) is 0 Å². The number of methoxy groups -OCH3 is 1. The average molecular weight is 310 g/mol. The zero-order chi connectivity index (χ0) is 16.4. The molecule has 23 heavy (non-hydrogen) atoms. The lowest BCUT2D eigenvalue weighted by molar-refractivity contribution is -0.683. The molecule has 5 heteroatoms. The zero-order valence-corrected chi connectivity index (χ0v) is 12.9. The summed E-state index contributed by atoms with van der Waals surface area (Å²) < 4.78 is 12.4. The fraction of sp³-hybridized carbons (Fsp3) is 0.167. The second kappa shape index (κ2) is 6.04. The topological polar surface area (TPSA) is 60.4 Å². The molecule has 2 aromatic heterocycles. The van der Waals surface area contributed by atoms with Crippen molar-refractivity contribution >= 4 is 16.8 Å². The molecule has 0 radical (unpaired) electrons. The van der Waals surface area contributed by atoms with Crippen molar-refractivity contribution in [3.63, 3.8) is 0 Å². The van der Waals surface area contributed by atoms with Crippen molar-refractivity contribution in [2.24, 2.45) is 0 Å². The van der Waals surface area contributed by atoms with Crippen molar-refractivity contribution in [2.75, 3.05) is 7.11 Å². The van der Waals surface area contributed by atoms with E-state index in [2.05, 4.69) is 0 Å². The maximum absolute atomic E-state index is 12.8. The number of Topliss-reactive ketones (excluding diaryl/α,β-unsaturated/α-hetero) is 1. The molecule has 0 fully saturated rings. The monoisotopic (exact) mass is 310 g/mol. The van der Waals surface area contributed by atoms with E-state index < -0.39 is 5.63 Å². The first-order valence-corrected chi connectivity index (χ1v) is 7.19. The number of rotatable bonds is 4. The number of aromatic nitrogens is 1. The Morgan fingerprint density at radius 3 is 2.65 bits per heavy atom. The van der Waals surface area contributed by atoms with Gasteiger partial charge < -0.3 is 9.15 Å². The van der Waals surface area contributed by atoms with Crippen LogP contribution in [-0.4, -0.2) is 12.9 Å². The first-order valence-electron chi connectivity index (χ1n) is 7.19. The number of carbonyl (C=O) groups is 1. The Kier molecular flexibility index (Phi) is 3.93. The molecule has 0 bridgehead atoms. The maximum atomic E-state index is 12.8. The lowest BCUT2D eigenvalue weighted by atomic mass is 10.0. The van der Waals surface area contributed by atoms with Gasteiger partial charge in [0.15, 0.2) is 18.0 Å². The Morgan fingerprint density at radius 2 is 1.96 bits per heavy atom. The molecular formula is C18H16NO4+. The van der Waals surface area contributed by atoms with Gasteiger partial charge in [0.25, 0.3) is 0 Å². The molecule has 0 atom stereocenters. The largest absolute Gasteiger partial charge is 0.496 e. The van der Waals surface area contributed by atoms with Crippen LogP contribution in [0.25, 0.3) is 11.0 Å². The third kappa shape index (κ3) is 2.85. The molecule has 0 amide bonds. The van der Waals surface area contributed by atoms with Crippen LogP contribution in [0.15, 0.2) is 58.0 Å². The number of pyridine rings is 1. The number of hydrogen-bond donors (Lipinski definition) is 0. The fourth-order valence-corrected chi connectivity index (χ4v) is 2.58. The molecule has 3 rings (SSSR count). The Hall–Kier alpha value is -2.95. The quantitative estimate of drug-likeness (QED) is 0.421. The Morgan fingerprint density at radius 1 is 1.22 bits per heavy atom. The van der Waals surface area contributed by atoms with E-state index in [9.17, 15) is 9.59 Å². The number of hydrogen-bond acceptors (Lipinski definition) is 4. The molecule has 0 N–H and O–H groups in total. The lowest BCUT2D eigenvalue weighted by Crippen LogP contribution is -2.37. The van der Waals surface area contributed by atoms with Crippen LogP contribution in [-0.2, 0) is 6.54 Å². The van der Waals surface area contributed by atoms with E-state index in [1.807, 2.05) is 25.1 Å².